The van der Waals surface area contributed by atoms with Crippen molar-refractivity contribution in [2.45, 2.75) is 0 Å². The van der Waals surface area contributed by atoms with Gasteiger partial charge in [-0.15, -0.1) is 0 Å². The predicted octanol–water partition coefficient (Wildman–Crippen LogP) is 2.74. The summed E-state index contributed by atoms with van der Waals surface area (Å²) in [4.78, 5) is 14.9. The first-order valence-corrected chi connectivity index (χ1v) is 6.55. The largest absolute Gasteiger partial charge is 0.449 e. The molecule has 106 valence electrons. The van der Waals surface area contributed by atoms with E-state index in [-0.39, 0.29) is 11.4 Å². The summed E-state index contributed by atoms with van der Waals surface area (Å²) >= 11 is 0. The van der Waals surface area contributed by atoms with E-state index in [1.807, 2.05) is 18.2 Å². The fraction of sp³-hybridized carbons (Fsp3) is 0.133. The van der Waals surface area contributed by atoms with Crippen molar-refractivity contribution in [3.63, 3.8) is 0 Å². The number of nitrogens with one attached hydrogen (secondary N) is 1. The third-order valence-corrected chi connectivity index (χ3v) is 3.10. The Labute approximate surface area is 121 Å². The third kappa shape index (κ3) is 2.69. The molecule has 3 rings (SSSR count). The molecular formula is C15H13N3O3. The molecule has 6 nitrogen and oxygen atoms in total. The molecule has 0 unspecified atom stereocenters. The van der Waals surface area contributed by atoms with Crippen molar-refractivity contribution in [2.24, 2.45) is 4.99 Å². The van der Waals surface area contributed by atoms with Crippen molar-refractivity contribution in [3.05, 3.63) is 64.2 Å². The molecule has 0 atom stereocenters. The van der Waals surface area contributed by atoms with Gasteiger partial charge in [0.25, 0.3) is 0 Å². The summed E-state index contributed by atoms with van der Waals surface area (Å²) in [5, 5.41) is 14.2. The summed E-state index contributed by atoms with van der Waals surface area (Å²) in [7, 11) is 0. The molecule has 0 fully saturated rings. The highest BCUT2D eigenvalue weighted by atomic mass is 16.6. The molecule has 1 aliphatic heterocycles. The van der Waals surface area contributed by atoms with Crippen LogP contribution in [0.2, 0.25) is 0 Å². The fourth-order valence-corrected chi connectivity index (χ4v) is 2.14. The number of nitrogens with zero attached hydrogens (tertiary/aromatic N) is 2. The SMILES string of the molecule is O=[N+]([O-])c1ccccc1Oc1ccccc1C1=NCCN1. The van der Waals surface area contributed by atoms with E-state index in [2.05, 4.69) is 10.3 Å². The van der Waals surface area contributed by atoms with E-state index in [0.29, 0.717) is 5.75 Å². The van der Waals surface area contributed by atoms with Crippen LogP contribution in [0.3, 0.4) is 0 Å². The third-order valence-electron chi connectivity index (χ3n) is 3.10. The molecular weight excluding hydrogens is 270 g/mol. The number of rotatable bonds is 4. The maximum Gasteiger partial charge on any atom is 0.311 e. The number of ether oxygens (including phenoxy) is 1. The van der Waals surface area contributed by atoms with Gasteiger partial charge in [0, 0.05) is 12.6 Å². The normalized spacial score (nSPS) is 13.4. The second-order valence-electron chi connectivity index (χ2n) is 4.48. The summed E-state index contributed by atoms with van der Waals surface area (Å²) in [6, 6.07) is 13.7. The van der Waals surface area contributed by atoms with Crippen LogP contribution in [-0.2, 0) is 0 Å². The maximum absolute atomic E-state index is 11.0. The predicted molar refractivity (Wildman–Crippen MR) is 79.0 cm³/mol. The quantitative estimate of drug-likeness (QED) is 0.691. The number of nitro benzene ring substituents is 1. The van der Waals surface area contributed by atoms with Crippen molar-refractivity contribution < 1.29 is 9.66 Å². The molecule has 21 heavy (non-hydrogen) atoms. The highest BCUT2D eigenvalue weighted by Gasteiger charge is 2.18. The molecule has 2 aromatic carbocycles. The van der Waals surface area contributed by atoms with Gasteiger partial charge in [0.15, 0.2) is 0 Å². The first-order chi connectivity index (χ1) is 10.3. The molecule has 6 heteroatoms. The molecule has 0 aliphatic carbocycles. The van der Waals surface area contributed by atoms with E-state index >= 15 is 0 Å². The van der Waals surface area contributed by atoms with Gasteiger partial charge in [-0.3, -0.25) is 15.1 Å². The second-order valence-corrected chi connectivity index (χ2v) is 4.48. The molecule has 0 bridgehead atoms. The Hall–Kier alpha value is -2.89. The van der Waals surface area contributed by atoms with Gasteiger partial charge in [0.05, 0.1) is 17.0 Å². The Morgan fingerprint density at radius 3 is 2.52 bits per heavy atom. The zero-order valence-electron chi connectivity index (χ0n) is 11.2. The van der Waals surface area contributed by atoms with Gasteiger partial charge in [-0.05, 0) is 18.2 Å². The van der Waals surface area contributed by atoms with E-state index < -0.39 is 4.92 Å². The average molecular weight is 283 g/mol. The molecule has 0 amide bonds. The van der Waals surface area contributed by atoms with E-state index in [4.69, 9.17) is 4.74 Å². The van der Waals surface area contributed by atoms with Gasteiger partial charge in [-0.25, -0.2) is 0 Å². The average Bonchev–Trinajstić information content (AvgIpc) is 3.02. The highest BCUT2D eigenvalue weighted by molar-refractivity contribution is 6.02. The van der Waals surface area contributed by atoms with Crippen molar-refractivity contribution in [3.8, 4) is 11.5 Å². The monoisotopic (exact) mass is 283 g/mol. The number of para-hydroxylation sites is 3. The summed E-state index contributed by atoms with van der Waals surface area (Å²) < 4.78 is 5.75. The minimum absolute atomic E-state index is 0.0615. The first kappa shape index (κ1) is 13.1. The lowest BCUT2D eigenvalue weighted by Gasteiger charge is -2.11. The number of benzene rings is 2. The molecule has 2 aromatic rings. The zero-order chi connectivity index (χ0) is 14.7. The topological polar surface area (TPSA) is 76.8 Å². The molecule has 0 saturated heterocycles. The number of aliphatic imine (C=N–C) groups is 1. The van der Waals surface area contributed by atoms with Gasteiger partial charge < -0.3 is 10.1 Å². The van der Waals surface area contributed by atoms with Crippen molar-refractivity contribution in [1.29, 1.82) is 0 Å². The Balaban J connectivity index is 1.98. The van der Waals surface area contributed by atoms with Crippen LogP contribution in [0, 0.1) is 10.1 Å². The Kier molecular flexibility index (Phi) is 3.51. The van der Waals surface area contributed by atoms with Crippen molar-refractivity contribution in [2.75, 3.05) is 13.1 Å². The van der Waals surface area contributed by atoms with Gasteiger partial charge in [0.1, 0.15) is 11.6 Å². The summed E-state index contributed by atoms with van der Waals surface area (Å²) in [6.45, 7) is 1.50. The van der Waals surface area contributed by atoms with Crippen molar-refractivity contribution in [1.82, 2.24) is 5.32 Å². The van der Waals surface area contributed by atoms with Crippen LogP contribution in [-0.4, -0.2) is 23.8 Å². The van der Waals surface area contributed by atoms with Crippen LogP contribution in [0.25, 0.3) is 0 Å². The van der Waals surface area contributed by atoms with Crippen LogP contribution in [0.5, 0.6) is 11.5 Å². The summed E-state index contributed by atoms with van der Waals surface area (Å²) in [5.74, 6) is 1.51. The standard InChI is InChI=1S/C15H13N3O3/c19-18(20)12-6-2-4-8-14(12)21-13-7-3-1-5-11(13)15-16-9-10-17-15/h1-8H,9-10H2,(H,16,17). The van der Waals surface area contributed by atoms with Gasteiger partial charge in [-0.1, -0.05) is 24.3 Å². The number of nitro groups is 1. The smallest absolute Gasteiger partial charge is 0.311 e. The number of hydrogen-bond donors (Lipinski definition) is 1. The Morgan fingerprint density at radius 2 is 1.81 bits per heavy atom. The van der Waals surface area contributed by atoms with E-state index in [9.17, 15) is 10.1 Å². The van der Waals surface area contributed by atoms with Crippen molar-refractivity contribution >= 4 is 11.5 Å². The number of hydrogen-bond acceptors (Lipinski definition) is 5. The Morgan fingerprint density at radius 1 is 1.10 bits per heavy atom. The van der Waals surface area contributed by atoms with Crippen LogP contribution in [0.15, 0.2) is 53.5 Å². The summed E-state index contributed by atoms with van der Waals surface area (Å²) in [5.41, 5.74) is 0.738. The zero-order valence-corrected chi connectivity index (χ0v) is 11.2. The molecule has 1 heterocycles. The first-order valence-electron chi connectivity index (χ1n) is 6.55. The molecule has 1 aliphatic rings. The highest BCUT2D eigenvalue weighted by Crippen LogP contribution is 2.32. The molecule has 0 aromatic heterocycles. The molecule has 0 radical (unpaired) electrons. The van der Waals surface area contributed by atoms with Gasteiger partial charge >= 0.3 is 5.69 Å². The summed E-state index contributed by atoms with van der Waals surface area (Å²) in [6.07, 6.45) is 0. The second kappa shape index (κ2) is 5.62. The van der Waals surface area contributed by atoms with Gasteiger partial charge in [0.2, 0.25) is 5.75 Å². The van der Waals surface area contributed by atoms with Crippen LogP contribution in [0.4, 0.5) is 5.69 Å². The van der Waals surface area contributed by atoms with E-state index in [1.54, 1.807) is 24.3 Å². The minimum Gasteiger partial charge on any atom is -0.449 e. The maximum atomic E-state index is 11.0. The van der Waals surface area contributed by atoms with E-state index in [1.165, 1.54) is 6.07 Å². The van der Waals surface area contributed by atoms with Crippen LogP contribution >= 0.6 is 0 Å². The lowest BCUT2D eigenvalue weighted by molar-refractivity contribution is -0.385. The fourth-order valence-electron chi connectivity index (χ4n) is 2.14. The van der Waals surface area contributed by atoms with Gasteiger partial charge in [-0.2, -0.15) is 0 Å². The van der Waals surface area contributed by atoms with Crippen LogP contribution in [0.1, 0.15) is 5.56 Å². The van der Waals surface area contributed by atoms with Crippen LogP contribution < -0.4 is 10.1 Å². The minimum atomic E-state index is -0.455. The molecule has 1 N–H and O–H groups in total. The van der Waals surface area contributed by atoms with E-state index in [0.717, 1.165) is 24.5 Å². The number of amidine groups is 1. The Bertz CT molecular complexity index is 713. The lowest BCUT2D eigenvalue weighted by Crippen LogP contribution is -2.19. The lowest BCUT2D eigenvalue weighted by atomic mass is 10.2. The molecule has 0 saturated carbocycles. The molecule has 0 spiro atoms.